The van der Waals surface area contributed by atoms with E-state index in [-0.39, 0.29) is 5.15 Å². The molecule has 1 aromatic carbocycles. The lowest BCUT2D eigenvalue weighted by atomic mass is 9.90. The predicted molar refractivity (Wildman–Crippen MR) is 94.0 cm³/mol. The molecular weight excluding hydrogens is 383 g/mol. The standard InChI is InChI=1S/C17H18Cl2N2O5/c18-11-3-1-8(5-9(11)6-10-2-4-13(19)21-20-10)17-16(25)15(24)14(23)12(7-22)26-17/h1-5,12,14-17,22-25H,6-7H2/t12-,14-,15+,16-,17+/m1/s1. The Hall–Kier alpha value is -1.32. The van der Waals surface area contributed by atoms with Crippen molar-refractivity contribution in [3.8, 4) is 0 Å². The Morgan fingerprint density at radius 2 is 1.73 bits per heavy atom. The van der Waals surface area contributed by atoms with Crippen molar-refractivity contribution in [2.24, 2.45) is 0 Å². The number of rotatable bonds is 4. The van der Waals surface area contributed by atoms with Crippen molar-refractivity contribution in [2.45, 2.75) is 36.9 Å². The number of aliphatic hydroxyl groups is 4. The van der Waals surface area contributed by atoms with Crippen molar-refractivity contribution in [2.75, 3.05) is 6.61 Å². The van der Waals surface area contributed by atoms with Crippen LogP contribution in [0.25, 0.3) is 0 Å². The molecule has 1 fully saturated rings. The molecule has 9 heteroatoms. The maximum Gasteiger partial charge on any atom is 0.151 e. The van der Waals surface area contributed by atoms with Gasteiger partial charge in [-0.25, -0.2) is 0 Å². The molecule has 1 aliphatic rings. The Morgan fingerprint density at radius 3 is 2.38 bits per heavy atom. The fourth-order valence-electron chi connectivity index (χ4n) is 2.92. The summed E-state index contributed by atoms with van der Waals surface area (Å²) in [6, 6.07) is 8.39. The average Bonchev–Trinajstić information content (AvgIpc) is 2.64. The van der Waals surface area contributed by atoms with Crippen molar-refractivity contribution >= 4 is 23.2 Å². The zero-order chi connectivity index (χ0) is 18.8. The van der Waals surface area contributed by atoms with Gasteiger partial charge >= 0.3 is 0 Å². The molecule has 5 atom stereocenters. The topological polar surface area (TPSA) is 116 Å². The maximum absolute atomic E-state index is 10.3. The molecule has 3 rings (SSSR count). The molecule has 0 amide bonds. The first-order valence-corrected chi connectivity index (χ1v) is 8.73. The van der Waals surface area contributed by atoms with E-state index in [0.717, 1.165) is 5.56 Å². The highest BCUT2D eigenvalue weighted by molar-refractivity contribution is 6.31. The van der Waals surface area contributed by atoms with Gasteiger partial charge in [-0.3, -0.25) is 0 Å². The van der Waals surface area contributed by atoms with Crippen LogP contribution in [0.3, 0.4) is 0 Å². The monoisotopic (exact) mass is 400 g/mol. The lowest BCUT2D eigenvalue weighted by molar-refractivity contribution is -0.231. The first kappa shape index (κ1) is 19.4. The Labute approximate surface area is 159 Å². The maximum atomic E-state index is 10.3. The molecule has 1 saturated heterocycles. The van der Waals surface area contributed by atoms with Gasteiger partial charge in [-0.1, -0.05) is 35.3 Å². The molecule has 0 saturated carbocycles. The van der Waals surface area contributed by atoms with Crippen molar-refractivity contribution in [1.82, 2.24) is 10.2 Å². The summed E-state index contributed by atoms with van der Waals surface area (Å²) in [6.07, 6.45) is -5.70. The van der Waals surface area contributed by atoms with Crippen LogP contribution in [0.4, 0.5) is 0 Å². The van der Waals surface area contributed by atoms with Crippen molar-refractivity contribution in [3.63, 3.8) is 0 Å². The molecule has 0 aliphatic carbocycles. The molecule has 7 nitrogen and oxygen atoms in total. The summed E-state index contributed by atoms with van der Waals surface area (Å²) in [6.45, 7) is -0.484. The van der Waals surface area contributed by atoms with E-state index in [1.54, 1.807) is 30.3 Å². The number of aliphatic hydroxyl groups excluding tert-OH is 4. The quantitative estimate of drug-likeness (QED) is 0.601. The highest BCUT2D eigenvalue weighted by atomic mass is 35.5. The van der Waals surface area contributed by atoms with Crippen LogP contribution in [0.5, 0.6) is 0 Å². The van der Waals surface area contributed by atoms with Crippen molar-refractivity contribution < 1.29 is 25.2 Å². The second-order valence-electron chi connectivity index (χ2n) is 6.12. The number of hydrogen-bond acceptors (Lipinski definition) is 7. The molecule has 0 unspecified atom stereocenters. The summed E-state index contributed by atoms with van der Waals surface area (Å²) in [5.41, 5.74) is 1.93. The van der Waals surface area contributed by atoms with E-state index in [4.69, 9.17) is 27.9 Å². The van der Waals surface area contributed by atoms with Crippen LogP contribution in [0.1, 0.15) is 22.9 Å². The minimum Gasteiger partial charge on any atom is -0.394 e. The highest BCUT2D eigenvalue weighted by Gasteiger charge is 2.43. The largest absolute Gasteiger partial charge is 0.394 e. The first-order valence-electron chi connectivity index (χ1n) is 7.97. The van der Waals surface area contributed by atoms with E-state index in [1.165, 1.54) is 0 Å². The summed E-state index contributed by atoms with van der Waals surface area (Å²) < 4.78 is 5.58. The number of hydrogen-bond donors (Lipinski definition) is 4. The number of benzene rings is 1. The average molecular weight is 401 g/mol. The van der Waals surface area contributed by atoms with Crippen LogP contribution in [0.15, 0.2) is 30.3 Å². The SMILES string of the molecule is OC[C@H]1O[C@@H](c2ccc(Cl)c(Cc3ccc(Cl)nn3)c2)[C@H](O)[C@@H](O)[C@@H]1O. The molecule has 140 valence electrons. The zero-order valence-corrected chi connectivity index (χ0v) is 15.0. The molecular formula is C17H18Cl2N2O5. The number of ether oxygens (including phenoxy) is 1. The molecule has 26 heavy (non-hydrogen) atoms. The van der Waals surface area contributed by atoms with E-state index in [1.807, 2.05) is 0 Å². The predicted octanol–water partition coefficient (Wildman–Crippen LogP) is 0.889. The Bertz CT molecular complexity index is 759. The van der Waals surface area contributed by atoms with Crippen LogP contribution in [-0.2, 0) is 11.2 Å². The second-order valence-corrected chi connectivity index (χ2v) is 6.92. The van der Waals surface area contributed by atoms with Gasteiger partial charge in [-0.2, -0.15) is 5.10 Å². The van der Waals surface area contributed by atoms with E-state index in [2.05, 4.69) is 10.2 Å². The third kappa shape index (κ3) is 3.99. The highest BCUT2D eigenvalue weighted by Crippen LogP contribution is 2.34. The summed E-state index contributed by atoms with van der Waals surface area (Å²) in [5, 5.41) is 48.0. The van der Waals surface area contributed by atoms with Crippen LogP contribution >= 0.6 is 23.2 Å². The Kier molecular flexibility index (Phi) is 6.09. The Morgan fingerprint density at radius 1 is 0.962 bits per heavy atom. The first-order chi connectivity index (χ1) is 12.4. The zero-order valence-electron chi connectivity index (χ0n) is 13.5. The van der Waals surface area contributed by atoms with Crippen molar-refractivity contribution in [3.05, 3.63) is 57.3 Å². The van der Waals surface area contributed by atoms with Gasteiger partial charge in [0, 0.05) is 11.4 Å². The fraction of sp³-hybridized carbons (Fsp3) is 0.412. The Balaban J connectivity index is 1.87. The minimum absolute atomic E-state index is 0.287. The normalized spacial score (nSPS) is 28.9. The molecule has 2 heterocycles. The number of nitrogens with zero attached hydrogens (tertiary/aromatic N) is 2. The van der Waals surface area contributed by atoms with E-state index in [9.17, 15) is 20.4 Å². The van der Waals surface area contributed by atoms with Gasteiger partial charge in [0.2, 0.25) is 0 Å². The molecule has 0 bridgehead atoms. The van der Waals surface area contributed by atoms with E-state index >= 15 is 0 Å². The van der Waals surface area contributed by atoms with Gasteiger partial charge in [-0.05, 0) is 29.3 Å². The van der Waals surface area contributed by atoms with Crippen LogP contribution < -0.4 is 0 Å². The molecule has 1 aromatic heterocycles. The summed E-state index contributed by atoms with van der Waals surface area (Å²) in [7, 11) is 0. The number of halogens is 2. The minimum atomic E-state index is -1.44. The third-order valence-corrected chi connectivity index (χ3v) is 4.92. The van der Waals surface area contributed by atoms with Gasteiger partial charge in [0.25, 0.3) is 0 Å². The van der Waals surface area contributed by atoms with Gasteiger partial charge in [0.15, 0.2) is 5.15 Å². The lowest BCUT2D eigenvalue weighted by Crippen LogP contribution is -2.55. The second kappa shape index (κ2) is 8.14. The van der Waals surface area contributed by atoms with Crippen LogP contribution in [0, 0.1) is 0 Å². The third-order valence-electron chi connectivity index (χ3n) is 4.35. The summed E-state index contributed by atoms with van der Waals surface area (Å²) in [4.78, 5) is 0. The van der Waals surface area contributed by atoms with Crippen LogP contribution in [0.2, 0.25) is 10.2 Å². The van der Waals surface area contributed by atoms with Gasteiger partial charge in [-0.15, -0.1) is 5.10 Å². The molecule has 1 aliphatic heterocycles. The molecule has 4 N–H and O–H groups in total. The van der Waals surface area contributed by atoms with Gasteiger partial charge < -0.3 is 25.2 Å². The van der Waals surface area contributed by atoms with E-state index < -0.39 is 37.1 Å². The lowest BCUT2D eigenvalue weighted by Gasteiger charge is -2.40. The molecule has 0 spiro atoms. The van der Waals surface area contributed by atoms with Gasteiger partial charge in [0.05, 0.1) is 12.3 Å². The summed E-state index contributed by atoms with van der Waals surface area (Å²) in [5.74, 6) is 0. The molecule has 2 aromatic rings. The smallest absolute Gasteiger partial charge is 0.151 e. The van der Waals surface area contributed by atoms with Crippen LogP contribution in [-0.4, -0.2) is 61.6 Å². The molecule has 0 radical (unpaired) electrons. The van der Waals surface area contributed by atoms with Gasteiger partial charge in [0.1, 0.15) is 30.5 Å². The number of aromatic nitrogens is 2. The van der Waals surface area contributed by atoms with Crippen molar-refractivity contribution in [1.29, 1.82) is 0 Å². The van der Waals surface area contributed by atoms with E-state index in [0.29, 0.717) is 22.7 Å². The fourth-order valence-corrected chi connectivity index (χ4v) is 3.20. The summed E-state index contributed by atoms with van der Waals surface area (Å²) >= 11 is 12.0.